The van der Waals surface area contributed by atoms with Gasteiger partial charge in [0.2, 0.25) is 0 Å². The van der Waals surface area contributed by atoms with Gasteiger partial charge in [0.05, 0.1) is 0 Å². The molecule has 0 N–H and O–H groups in total. The van der Waals surface area contributed by atoms with Crippen molar-refractivity contribution in [1.29, 1.82) is 0 Å². The van der Waals surface area contributed by atoms with Crippen LogP contribution in [0, 0.1) is 6.92 Å². The second kappa shape index (κ2) is 8.02. The first-order chi connectivity index (χ1) is 10.2. The van der Waals surface area contributed by atoms with Gasteiger partial charge in [0.1, 0.15) is 5.58 Å². The Balaban J connectivity index is 1.77. The number of fused-ring (bicyclic) bond motifs is 1. The number of carbonyl (C=O) groups excluding carboxylic acids is 1. The van der Waals surface area contributed by atoms with Gasteiger partial charge in [0.25, 0.3) is 0 Å². The average Bonchev–Trinajstić information content (AvgIpc) is 2.89. The standard InChI is InChI=1S/C19H26O2/c1-3-4-5-6-7-8-9-10-17(20)19-14-16-13-15(2)11-12-18(16)21-19/h11-14H,3-10H2,1-2H3. The van der Waals surface area contributed by atoms with Crippen molar-refractivity contribution in [2.24, 2.45) is 0 Å². The Bertz CT molecular complexity index is 580. The number of rotatable bonds is 9. The molecule has 1 aromatic carbocycles. The zero-order valence-electron chi connectivity index (χ0n) is 13.3. The summed E-state index contributed by atoms with van der Waals surface area (Å²) in [6.45, 7) is 4.28. The summed E-state index contributed by atoms with van der Waals surface area (Å²) in [5.74, 6) is 0.652. The Hall–Kier alpha value is -1.57. The van der Waals surface area contributed by atoms with Crippen molar-refractivity contribution in [3.8, 4) is 0 Å². The number of hydrogen-bond acceptors (Lipinski definition) is 2. The van der Waals surface area contributed by atoms with Gasteiger partial charge in [-0.1, -0.05) is 57.1 Å². The molecule has 0 bridgehead atoms. The monoisotopic (exact) mass is 286 g/mol. The molecule has 0 saturated carbocycles. The molecule has 2 rings (SSSR count). The minimum atomic E-state index is 0.136. The molecular formula is C19H26O2. The lowest BCUT2D eigenvalue weighted by Gasteiger charge is -2.00. The summed E-state index contributed by atoms with van der Waals surface area (Å²) in [7, 11) is 0. The van der Waals surface area contributed by atoms with Crippen LogP contribution in [0.4, 0.5) is 0 Å². The number of unbranched alkanes of at least 4 members (excludes halogenated alkanes) is 6. The Kier molecular flexibility index (Phi) is 6.04. The normalized spacial score (nSPS) is 11.1. The van der Waals surface area contributed by atoms with Crippen LogP contribution in [0.25, 0.3) is 11.0 Å². The molecule has 2 nitrogen and oxygen atoms in total. The van der Waals surface area contributed by atoms with E-state index in [9.17, 15) is 4.79 Å². The summed E-state index contributed by atoms with van der Waals surface area (Å²) in [5.41, 5.74) is 2.00. The van der Waals surface area contributed by atoms with Gasteiger partial charge >= 0.3 is 0 Å². The summed E-state index contributed by atoms with van der Waals surface area (Å²) in [6, 6.07) is 7.89. The van der Waals surface area contributed by atoms with E-state index in [1.54, 1.807) is 0 Å². The highest BCUT2D eigenvalue weighted by atomic mass is 16.3. The van der Waals surface area contributed by atoms with Gasteiger partial charge in [0, 0.05) is 11.8 Å². The van der Waals surface area contributed by atoms with Crippen LogP contribution in [0.5, 0.6) is 0 Å². The van der Waals surface area contributed by atoms with Gasteiger partial charge < -0.3 is 4.42 Å². The molecule has 2 heteroatoms. The summed E-state index contributed by atoms with van der Waals surface area (Å²) >= 11 is 0. The number of ketones is 1. The Morgan fingerprint density at radius 1 is 1.00 bits per heavy atom. The maximum atomic E-state index is 12.1. The van der Waals surface area contributed by atoms with E-state index >= 15 is 0 Å². The first-order valence-corrected chi connectivity index (χ1v) is 8.24. The van der Waals surface area contributed by atoms with Crippen LogP contribution in [0.15, 0.2) is 28.7 Å². The third-order valence-corrected chi connectivity index (χ3v) is 3.95. The molecule has 0 aliphatic rings. The highest BCUT2D eigenvalue weighted by molar-refractivity contribution is 5.97. The summed E-state index contributed by atoms with van der Waals surface area (Å²) < 4.78 is 5.65. The van der Waals surface area contributed by atoms with Crippen molar-refractivity contribution in [1.82, 2.24) is 0 Å². The molecule has 0 saturated heterocycles. The highest BCUT2D eigenvalue weighted by Crippen LogP contribution is 2.22. The maximum absolute atomic E-state index is 12.1. The van der Waals surface area contributed by atoms with Crippen LogP contribution in [-0.4, -0.2) is 5.78 Å². The predicted molar refractivity (Wildman–Crippen MR) is 87.9 cm³/mol. The lowest BCUT2D eigenvalue weighted by molar-refractivity contribution is 0.0954. The van der Waals surface area contributed by atoms with E-state index in [4.69, 9.17) is 4.42 Å². The van der Waals surface area contributed by atoms with E-state index in [1.807, 2.05) is 25.1 Å². The Morgan fingerprint density at radius 2 is 1.71 bits per heavy atom. The number of benzene rings is 1. The Morgan fingerprint density at radius 3 is 2.48 bits per heavy atom. The van der Waals surface area contributed by atoms with E-state index in [1.165, 1.54) is 37.7 Å². The quantitative estimate of drug-likeness (QED) is 0.414. The van der Waals surface area contributed by atoms with Crippen molar-refractivity contribution in [2.45, 2.75) is 65.2 Å². The zero-order chi connectivity index (χ0) is 15.1. The first kappa shape index (κ1) is 15.8. The zero-order valence-corrected chi connectivity index (χ0v) is 13.3. The van der Waals surface area contributed by atoms with E-state index in [0.29, 0.717) is 12.2 Å². The van der Waals surface area contributed by atoms with Crippen LogP contribution < -0.4 is 0 Å². The number of carbonyl (C=O) groups is 1. The summed E-state index contributed by atoms with van der Waals surface area (Å²) in [6.07, 6.45) is 9.20. The van der Waals surface area contributed by atoms with Crippen LogP contribution in [0.3, 0.4) is 0 Å². The lowest BCUT2D eigenvalue weighted by atomic mass is 10.1. The number of Topliss-reactive ketones (excluding diaryl/α,β-unsaturated/α-hetero) is 1. The molecule has 0 atom stereocenters. The fourth-order valence-electron chi connectivity index (χ4n) is 2.67. The molecule has 0 spiro atoms. The van der Waals surface area contributed by atoms with Gasteiger partial charge in [-0.15, -0.1) is 0 Å². The van der Waals surface area contributed by atoms with E-state index in [0.717, 1.165) is 23.8 Å². The molecule has 0 radical (unpaired) electrons. The van der Waals surface area contributed by atoms with Crippen LogP contribution >= 0.6 is 0 Å². The van der Waals surface area contributed by atoms with Crippen molar-refractivity contribution >= 4 is 16.8 Å². The molecule has 114 valence electrons. The minimum absolute atomic E-state index is 0.136. The molecule has 2 aromatic rings. The minimum Gasteiger partial charge on any atom is -0.453 e. The number of hydrogen-bond donors (Lipinski definition) is 0. The topological polar surface area (TPSA) is 30.2 Å². The molecule has 0 fully saturated rings. The molecule has 0 aliphatic carbocycles. The van der Waals surface area contributed by atoms with Crippen LogP contribution in [0.1, 0.15) is 74.4 Å². The molecular weight excluding hydrogens is 260 g/mol. The Labute approximate surface area is 127 Å². The molecule has 0 amide bonds. The fraction of sp³-hybridized carbons (Fsp3) is 0.526. The SMILES string of the molecule is CCCCCCCCCC(=O)c1cc2cc(C)ccc2o1. The second-order valence-corrected chi connectivity index (χ2v) is 5.95. The average molecular weight is 286 g/mol. The van der Waals surface area contributed by atoms with E-state index < -0.39 is 0 Å². The van der Waals surface area contributed by atoms with Gasteiger partial charge in [-0.2, -0.15) is 0 Å². The van der Waals surface area contributed by atoms with Crippen molar-refractivity contribution < 1.29 is 9.21 Å². The van der Waals surface area contributed by atoms with Gasteiger partial charge in [-0.05, 0) is 31.5 Å². The van der Waals surface area contributed by atoms with Gasteiger partial charge in [0.15, 0.2) is 11.5 Å². The van der Waals surface area contributed by atoms with Crippen molar-refractivity contribution in [3.05, 3.63) is 35.6 Å². The van der Waals surface area contributed by atoms with Gasteiger partial charge in [-0.3, -0.25) is 4.79 Å². The predicted octanol–water partition coefficient (Wildman–Crippen LogP) is 6.06. The van der Waals surface area contributed by atoms with Gasteiger partial charge in [-0.25, -0.2) is 0 Å². The first-order valence-electron chi connectivity index (χ1n) is 8.24. The van der Waals surface area contributed by atoms with Crippen molar-refractivity contribution in [2.75, 3.05) is 0 Å². The van der Waals surface area contributed by atoms with Crippen LogP contribution in [-0.2, 0) is 0 Å². The summed E-state index contributed by atoms with van der Waals surface area (Å²) in [4.78, 5) is 12.1. The lowest BCUT2D eigenvalue weighted by Crippen LogP contribution is -1.96. The highest BCUT2D eigenvalue weighted by Gasteiger charge is 2.11. The molecule has 0 unspecified atom stereocenters. The number of aryl methyl sites for hydroxylation is 1. The molecule has 1 aromatic heterocycles. The largest absolute Gasteiger partial charge is 0.453 e. The fourth-order valence-corrected chi connectivity index (χ4v) is 2.67. The van der Waals surface area contributed by atoms with Crippen LogP contribution in [0.2, 0.25) is 0 Å². The number of furan rings is 1. The van der Waals surface area contributed by atoms with E-state index in [2.05, 4.69) is 13.0 Å². The van der Waals surface area contributed by atoms with E-state index in [-0.39, 0.29) is 5.78 Å². The molecule has 1 heterocycles. The van der Waals surface area contributed by atoms with Crippen molar-refractivity contribution in [3.63, 3.8) is 0 Å². The smallest absolute Gasteiger partial charge is 0.198 e. The third kappa shape index (κ3) is 4.73. The third-order valence-electron chi connectivity index (χ3n) is 3.95. The molecule has 0 aliphatic heterocycles. The second-order valence-electron chi connectivity index (χ2n) is 5.95. The molecule has 21 heavy (non-hydrogen) atoms. The maximum Gasteiger partial charge on any atom is 0.198 e. The summed E-state index contributed by atoms with van der Waals surface area (Å²) in [5, 5.41) is 1.03.